The molecule has 1 fully saturated rings. The van der Waals surface area contributed by atoms with Gasteiger partial charge in [-0.3, -0.25) is 4.18 Å². The quantitative estimate of drug-likeness (QED) is 0.545. The van der Waals surface area contributed by atoms with Crippen molar-refractivity contribution in [2.45, 2.75) is 12.4 Å². The molecule has 0 atom stereocenters. The molecule has 0 aromatic carbocycles. The van der Waals surface area contributed by atoms with Gasteiger partial charge in [0, 0.05) is 26.2 Å². The Morgan fingerprint density at radius 3 is 1.62 bits per heavy atom. The first-order valence-electron chi connectivity index (χ1n) is 4.68. The summed E-state index contributed by atoms with van der Waals surface area (Å²) < 4.78 is 57.2. The molecule has 0 aliphatic carbocycles. The summed E-state index contributed by atoms with van der Waals surface area (Å²) in [6, 6.07) is 0. The van der Waals surface area contributed by atoms with Crippen LogP contribution in [0, 0.1) is 0 Å². The summed E-state index contributed by atoms with van der Waals surface area (Å²) in [6.07, 6.45) is 0. The number of nitrogens with one attached hydrogen (secondary N) is 2. The molecule has 0 spiro atoms. The summed E-state index contributed by atoms with van der Waals surface area (Å²) in [5, 5.41) is 6.44. The van der Waals surface area contributed by atoms with Crippen LogP contribution in [0.15, 0.2) is 0 Å². The summed E-state index contributed by atoms with van der Waals surface area (Å²) in [5.74, 6) is 0. The number of alkyl halides is 3. The second-order valence-corrected chi connectivity index (χ2v) is 4.41. The van der Waals surface area contributed by atoms with E-state index in [0.717, 1.165) is 33.1 Å². The normalized spacial score (nSPS) is 17.5. The Morgan fingerprint density at radius 1 is 1.12 bits per heavy atom. The molecule has 16 heavy (non-hydrogen) atoms. The van der Waals surface area contributed by atoms with E-state index in [1.165, 1.54) is 0 Å². The highest BCUT2D eigenvalue weighted by Gasteiger charge is 2.46. The molecule has 0 bridgehead atoms. The SMILES string of the molecule is C1CNCCN1.CCOS(=O)(=O)C(F)(F)F. The van der Waals surface area contributed by atoms with Crippen molar-refractivity contribution >= 4 is 10.1 Å². The fourth-order valence-corrected chi connectivity index (χ4v) is 1.27. The average molecular weight is 264 g/mol. The molecule has 0 saturated carbocycles. The van der Waals surface area contributed by atoms with Gasteiger partial charge in [0.15, 0.2) is 0 Å². The molecule has 0 unspecified atom stereocenters. The van der Waals surface area contributed by atoms with Crippen molar-refractivity contribution in [3.8, 4) is 0 Å². The second-order valence-electron chi connectivity index (χ2n) is 2.81. The number of hydrogen-bond donors (Lipinski definition) is 2. The molecule has 1 aliphatic rings. The molecule has 1 saturated heterocycles. The maximum Gasteiger partial charge on any atom is 0.523 e. The molecule has 5 nitrogen and oxygen atoms in total. The molecule has 9 heteroatoms. The van der Waals surface area contributed by atoms with Crippen molar-refractivity contribution in [1.29, 1.82) is 0 Å². The third-order valence-corrected chi connectivity index (χ3v) is 2.63. The van der Waals surface area contributed by atoms with E-state index in [2.05, 4.69) is 14.8 Å². The molecule has 1 heterocycles. The van der Waals surface area contributed by atoms with Crippen LogP contribution in [0.5, 0.6) is 0 Å². The minimum Gasteiger partial charge on any atom is -0.314 e. The molecular weight excluding hydrogens is 249 g/mol. The Morgan fingerprint density at radius 2 is 1.50 bits per heavy atom. The first kappa shape index (κ1) is 15.6. The highest BCUT2D eigenvalue weighted by Crippen LogP contribution is 2.24. The van der Waals surface area contributed by atoms with Crippen molar-refractivity contribution < 1.29 is 25.8 Å². The molecule has 0 aromatic heterocycles. The lowest BCUT2D eigenvalue weighted by molar-refractivity contribution is -0.0539. The summed E-state index contributed by atoms with van der Waals surface area (Å²) in [4.78, 5) is 0. The molecule has 2 N–H and O–H groups in total. The van der Waals surface area contributed by atoms with Gasteiger partial charge in [0.2, 0.25) is 0 Å². The van der Waals surface area contributed by atoms with Crippen LogP contribution in [-0.4, -0.2) is 46.7 Å². The van der Waals surface area contributed by atoms with Gasteiger partial charge in [0.1, 0.15) is 0 Å². The molecule has 1 aliphatic heterocycles. The summed E-state index contributed by atoms with van der Waals surface area (Å²) in [5.41, 5.74) is -5.30. The predicted molar refractivity (Wildman–Crippen MR) is 52.3 cm³/mol. The number of halogens is 3. The largest absolute Gasteiger partial charge is 0.523 e. The lowest BCUT2D eigenvalue weighted by Gasteiger charge is -2.11. The van der Waals surface area contributed by atoms with Crippen LogP contribution in [0.2, 0.25) is 0 Å². The fraction of sp³-hybridized carbons (Fsp3) is 1.00. The average Bonchev–Trinajstić information content (AvgIpc) is 2.19. The van der Waals surface area contributed by atoms with Gasteiger partial charge >= 0.3 is 15.6 Å². The van der Waals surface area contributed by atoms with Gasteiger partial charge in [-0.05, 0) is 6.92 Å². The van der Waals surface area contributed by atoms with Crippen LogP contribution in [0.3, 0.4) is 0 Å². The zero-order valence-electron chi connectivity index (χ0n) is 8.80. The molecule has 1 rings (SSSR count). The van der Waals surface area contributed by atoms with E-state index in [1.54, 1.807) is 0 Å². The van der Waals surface area contributed by atoms with Crippen molar-refractivity contribution in [3.05, 3.63) is 0 Å². The molecule has 98 valence electrons. The Labute approximate surface area is 92.5 Å². The van der Waals surface area contributed by atoms with Crippen molar-refractivity contribution in [2.24, 2.45) is 0 Å². The number of rotatable bonds is 2. The first-order valence-corrected chi connectivity index (χ1v) is 6.09. The second kappa shape index (κ2) is 7.05. The summed E-state index contributed by atoms with van der Waals surface area (Å²) in [7, 11) is -5.35. The van der Waals surface area contributed by atoms with Gasteiger partial charge in [0.05, 0.1) is 6.61 Å². The van der Waals surface area contributed by atoms with Crippen LogP contribution in [-0.2, 0) is 14.3 Å². The van der Waals surface area contributed by atoms with E-state index in [9.17, 15) is 21.6 Å². The maximum absolute atomic E-state index is 11.3. The number of piperazine rings is 1. The lowest BCUT2D eigenvalue weighted by atomic mass is 10.4. The Kier molecular flexibility index (Phi) is 6.88. The van der Waals surface area contributed by atoms with Crippen LogP contribution >= 0.6 is 0 Å². The Balaban J connectivity index is 0.000000315. The van der Waals surface area contributed by atoms with Crippen LogP contribution in [0.25, 0.3) is 0 Å². The zero-order chi connectivity index (χ0) is 12.7. The summed E-state index contributed by atoms with van der Waals surface area (Å²) in [6.45, 7) is 5.20. The lowest BCUT2D eigenvalue weighted by Crippen LogP contribution is -2.39. The van der Waals surface area contributed by atoms with Crippen LogP contribution in [0.4, 0.5) is 13.2 Å². The van der Waals surface area contributed by atoms with Crippen molar-refractivity contribution in [3.63, 3.8) is 0 Å². The molecule has 0 amide bonds. The predicted octanol–water partition coefficient (Wildman–Crippen LogP) is 0.0517. The smallest absolute Gasteiger partial charge is 0.314 e. The standard InChI is InChI=1S/C4H10N2.C3H5F3O3S/c1-2-6-4-3-5-1;1-2-9-10(7,8)3(4,5)6/h5-6H,1-4H2;2H2,1H3. The Bertz CT molecular complexity index is 264. The third kappa shape index (κ3) is 6.26. The number of hydrogen-bond acceptors (Lipinski definition) is 5. The van der Waals surface area contributed by atoms with E-state index in [1.807, 2.05) is 0 Å². The van der Waals surface area contributed by atoms with Crippen molar-refractivity contribution in [2.75, 3.05) is 32.8 Å². The Hall–Kier alpha value is -0.380. The maximum atomic E-state index is 11.3. The van der Waals surface area contributed by atoms with Crippen molar-refractivity contribution in [1.82, 2.24) is 10.6 Å². The van der Waals surface area contributed by atoms with Gasteiger partial charge in [0.25, 0.3) is 0 Å². The van der Waals surface area contributed by atoms with E-state index < -0.39 is 22.2 Å². The van der Waals surface area contributed by atoms with Gasteiger partial charge in [-0.1, -0.05) is 0 Å². The van der Waals surface area contributed by atoms with Crippen LogP contribution < -0.4 is 10.6 Å². The third-order valence-electron chi connectivity index (χ3n) is 1.51. The molecule has 0 aromatic rings. The van der Waals surface area contributed by atoms with Gasteiger partial charge in [-0.25, -0.2) is 0 Å². The highest BCUT2D eigenvalue weighted by molar-refractivity contribution is 7.87. The topological polar surface area (TPSA) is 67.4 Å². The highest BCUT2D eigenvalue weighted by atomic mass is 32.2. The van der Waals surface area contributed by atoms with Gasteiger partial charge in [-0.15, -0.1) is 0 Å². The van der Waals surface area contributed by atoms with E-state index >= 15 is 0 Å². The minimum atomic E-state index is -5.35. The van der Waals surface area contributed by atoms with E-state index in [4.69, 9.17) is 0 Å². The first-order chi connectivity index (χ1) is 7.31. The van der Waals surface area contributed by atoms with E-state index in [-0.39, 0.29) is 0 Å². The zero-order valence-corrected chi connectivity index (χ0v) is 9.62. The monoisotopic (exact) mass is 264 g/mol. The minimum absolute atomic E-state index is 0.512. The van der Waals surface area contributed by atoms with E-state index in [0.29, 0.717) is 0 Å². The fourth-order valence-electron chi connectivity index (χ4n) is 0.826. The summed E-state index contributed by atoms with van der Waals surface area (Å²) >= 11 is 0. The van der Waals surface area contributed by atoms with Gasteiger partial charge in [-0.2, -0.15) is 21.6 Å². The van der Waals surface area contributed by atoms with Gasteiger partial charge < -0.3 is 10.6 Å². The van der Waals surface area contributed by atoms with Crippen LogP contribution in [0.1, 0.15) is 6.92 Å². The molecular formula is C7H15F3N2O3S. The molecule has 0 radical (unpaired) electrons.